The van der Waals surface area contributed by atoms with E-state index in [0.717, 1.165) is 47.9 Å². The molecule has 0 aliphatic heterocycles. The third-order valence-corrected chi connectivity index (χ3v) is 5.43. The second kappa shape index (κ2) is 7.78. The number of benzene rings is 2. The van der Waals surface area contributed by atoms with Gasteiger partial charge in [-0.3, -0.25) is 9.78 Å². The van der Waals surface area contributed by atoms with Crippen molar-refractivity contribution in [3.05, 3.63) is 72.4 Å². The smallest absolute Gasteiger partial charge is 0.230 e. The minimum absolute atomic E-state index is 0.145. The van der Waals surface area contributed by atoms with Crippen LogP contribution < -0.4 is 10.1 Å². The van der Waals surface area contributed by atoms with Crippen molar-refractivity contribution in [3.8, 4) is 5.75 Å². The van der Waals surface area contributed by atoms with E-state index in [1.165, 1.54) is 0 Å². The number of carbonyl (C=O) groups excluding carboxylic acids is 1. The Morgan fingerprint density at radius 3 is 2.63 bits per heavy atom. The number of aromatic nitrogens is 1. The summed E-state index contributed by atoms with van der Waals surface area (Å²) < 4.78 is 5.90. The third-order valence-electron chi connectivity index (χ3n) is 5.43. The van der Waals surface area contributed by atoms with Gasteiger partial charge in [0, 0.05) is 18.1 Å². The summed E-state index contributed by atoms with van der Waals surface area (Å²) >= 11 is 0. The first kappa shape index (κ1) is 17.5. The molecule has 1 aliphatic rings. The highest BCUT2D eigenvalue weighted by Gasteiger charge is 2.45. The molecule has 1 heterocycles. The first-order valence-electron chi connectivity index (χ1n) is 9.60. The van der Waals surface area contributed by atoms with Gasteiger partial charge in [-0.2, -0.15) is 0 Å². The summed E-state index contributed by atoms with van der Waals surface area (Å²) in [6.45, 7) is 1.17. The van der Waals surface area contributed by atoms with Gasteiger partial charge in [0.05, 0.1) is 12.0 Å². The molecule has 0 spiro atoms. The van der Waals surface area contributed by atoms with Gasteiger partial charge in [-0.15, -0.1) is 0 Å². The number of fused-ring (bicyclic) bond motifs is 1. The molecule has 2 aromatic carbocycles. The zero-order valence-corrected chi connectivity index (χ0v) is 15.4. The van der Waals surface area contributed by atoms with Gasteiger partial charge in [0.25, 0.3) is 0 Å². The van der Waals surface area contributed by atoms with Crippen LogP contribution in [0.1, 0.15) is 31.2 Å². The molecule has 1 fully saturated rings. The summed E-state index contributed by atoms with van der Waals surface area (Å²) in [6.07, 6.45) is 5.51. The van der Waals surface area contributed by atoms with Crippen molar-refractivity contribution in [1.29, 1.82) is 0 Å². The van der Waals surface area contributed by atoms with Crippen LogP contribution in [0.5, 0.6) is 5.75 Å². The Labute approximate surface area is 159 Å². The molecule has 0 saturated heterocycles. The van der Waals surface area contributed by atoms with Gasteiger partial charge in [-0.05, 0) is 37.0 Å². The highest BCUT2D eigenvalue weighted by Crippen LogP contribution is 2.43. The fourth-order valence-electron chi connectivity index (χ4n) is 3.75. The maximum absolute atomic E-state index is 12.8. The Hall–Kier alpha value is -2.88. The van der Waals surface area contributed by atoms with E-state index in [9.17, 15) is 4.79 Å². The van der Waals surface area contributed by atoms with E-state index in [2.05, 4.69) is 22.4 Å². The van der Waals surface area contributed by atoms with E-state index < -0.39 is 0 Å². The Morgan fingerprint density at radius 2 is 1.85 bits per heavy atom. The van der Waals surface area contributed by atoms with Crippen molar-refractivity contribution >= 4 is 16.8 Å². The lowest BCUT2D eigenvalue weighted by Gasteiger charge is -2.40. The fraction of sp³-hybridized carbons (Fsp3) is 0.304. The molecule has 1 amide bonds. The van der Waals surface area contributed by atoms with Gasteiger partial charge in [-0.1, -0.05) is 55.0 Å². The molecule has 0 radical (unpaired) electrons. The molecule has 1 N–H and O–H groups in total. The van der Waals surface area contributed by atoms with Crippen molar-refractivity contribution in [2.45, 2.75) is 31.1 Å². The standard InChI is InChI=1S/C23H24N2O2/c26-22(23(13-6-14-23)19-10-2-1-3-11-19)25-16-7-17-27-20-12-4-8-18-9-5-15-24-21(18)20/h1-5,8-12,15H,6-7,13-14,16-17H2,(H,25,26). The van der Waals surface area contributed by atoms with E-state index in [4.69, 9.17) is 4.74 Å². The van der Waals surface area contributed by atoms with Gasteiger partial charge >= 0.3 is 0 Å². The first-order chi connectivity index (χ1) is 13.3. The van der Waals surface area contributed by atoms with Crippen molar-refractivity contribution in [1.82, 2.24) is 10.3 Å². The van der Waals surface area contributed by atoms with Crippen LogP contribution in [0, 0.1) is 0 Å². The Bertz CT molecular complexity index is 915. The topological polar surface area (TPSA) is 51.2 Å². The number of rotatable bonds is 7. The van der Waals surface area contributed by atoms with Crippen molar-refractivity contribution in [3.63, 3.8) is 0 Å². The normalized spacial score (nSPS) is 15.1. The van der Waals surface area contributed by atoms with Crippen molar-refractivity contribution < 1.29 is 9.53 Å². The highest BCUT2D eigenvalue weighted by molar-refractivity contribution is 5.89. The highest BCUT2D eigenvalue weighted by atomic mass is 16.5. The van der Waals surface area contributed by atoms with Gasteiger partial charge in [0.1, 0.15) is 11.3 Å². The Kier molecular flexibility index (Phi) is 5.05. The number of pyridine rings is 1. The van der Waals surface area contributed by atoms with Crippen LogP contribution in [-0.2, 0) is 10.2 Å². The van der Waals surface area contributed by atoms with Gasteiger partial charge in [-0.25, -0.2) is 0 Å². The molecule has 1 aliphatic carbocycles. The molecule has 4 nitrogen and oxygen atoms in total. The number of nitrogens with zero attached hydrogens (tertiary/aromatic N) is 1. The van der Waals surface area contributed by atoms with Crippen molar-refractivity contribution in [2.75, 3.05) is 13.2 Å². The van der Waals surface area contributed by atoms with Crippen LogP contribution in [-0.4, -0.2) is 24.0 Å². The van der Waals surface area contributed by atoms with Crippen LogP contribution in [0.2, 0.25) is 0 Å². The molecule has 0 bridgehead atoms. The summed E-state index contributed by atoms with van der Waals surface area (Å²) in [7, 11) is 0. The predicted octanol–water partition coefficient (Wildman–Crippen LogP) is 4.24. The molecule has 1 aromatic heterocycles. The summed E-state index contributed by atoms with van der Waals surface area (Å²) in [5, 5.41) is 4.18. The minimum Gasteiger partial charge on any atom is -0.491 e. The average Bonchev–Trinajstić information content (AvgIpc) is 2.68. The van der Waals surface area contributed by atoms with Crippen molar-refractivity contribution in [2.24, 2.45) is 0 Å². The molecule has 138 valence electrons. The average molecular weight is 360 g/mol. The number of amides is 1. The lowest BCUT2D eigenvalue weighted by atomic mass is 9.64. The van der Waals surface area contributed by atoms with E-state index in [1.54, 1.807) is 6.20 Å². The Balaban J connectivity index is 1.29. The number of ether oxygens (including phenoxy) is 1. The molecular formula is C23H24N2O2. The van der Waals surface area contributed by atoms with E-state index >= 15 is 0 Å². The molecule has 0 unspecified atom stereocenters. The van der Waals surface area contributed by atoms with Crippen LogP contribution in [0.3, 0.4) is 0 Å². The Morgan fingerprint density at radius 1 is 1.04 bits per heavy atom. The fourth-order valence-corrected chi connectivity index (χ4v) is 3.75. The van der Waals surface area contributed by atoms with Crippen LogP contribution in [0.25, 0.3) is 10.9 Å². The summed E-state index contributed by atoms with van der Waals surface area (Å²) in [5.74, 6) is 0.936. The molecule has 0 atom stereocenters. The molecule has 3 aromatic rings. The molecule has 27 heavy (non-hydrogen) atoms. The zero-order valence-electron chi connectivity index (χ0n) is 15.4. The summed E-state index contributed by atoms with van der Waals surface area (Å²) in [6, 6.07) is 20.0. The second-order valence-electron chi connectivity index (χ2n) is 7.09. The van der Waals surface area contributed by atoms with E-state index in [0.29, 0.717) is 13.2 Å². The molecular weight excluding hydrogens is 336 g/mol. The minimum atomic E-state index is -0.332. The van der Waals surface area contributed by atoms with Gasteiger partial charge in [0.2, 0.25) is 5.91 Å². The quantitative estimate of drug-likeness (QED) is 0.641. The van der Waals surface area contributed by atoms with Crippen LogP contribution >= 0.6 is 0 Å². The SMILES string of the molecule is O=C(NCCCOc1cccc2cccnc12)C1(c2ccccc2)CCC1. The summed E-state index contributed by atoms with van der Waals surface area (Å²) in [5.41, 5.74) is 1.68. The second-order valence-corrected chi connectivity index (χ2v) is 7.09. The number of hydrogen-bond donors (Lipinski definition) is 1. The number of para-hydroxylation sites is 1. The monoisotopic (exact) mass is 360 g/mol. The van der Waals surface area contributed by atoms with Gasteiger partial charge < -0.3 is 10.1 Å². The van der Waals surface area contributed by atoms with Gasteiger partial charge in [0.15, 0.2) is 0 Å². The molecule has 4 heteroatoms. The van der Waals surface area contributed by atoms with E-state index in [-0.39, 0.29) is 11.3 Å². The van der Waals surface area contributed by atoms with Crippen LogP contribution in [0.4, 0.5) is 0 Å². The van der Waals surface area contributed by atoms with Crippen LogP contribution in [0.15, 0.2) is 66.9 Å². The van der Waals surface area contributed by atoms with E-state index in [1.807, 2.05) is 48.5 Å². The zero-order chi connectivity index (χ0) is 18.5. The molecule has 1 saturated carbocycles. The molecule has 4 rings (SSSR count). The summed E-state index contributed by atoms with van der Waals surface area (Å²) in [4.78, 5) is 17.2. The predicted molar refractivity (Wildman–Crippen MR) is 107 cm³/mol. The maximum atomic E-state index is 12.8. The number of carbonyl (C=O) groups is 1. The lowest BCUT2D eigenvalue weighted by Crippen LogP contribution is -2.49. The number of nitrogens with one attached hydrogen (secondary N) is 1. The lowest BCUT2D eigenvalue weighted by molar-refractivity contribution is -0.129. The number of hydrogen-bond acceptors (Lipinski definition) is 3. The largest absolute Gasteiger partial charge is 0.491 e. The third kappa shape index (κ3) is 3.52. The maximum Gasteiger partial charge on any atom is 0.230 e. The first-order valence-corrected chi connectivity index (χ1v) is 9.60.